The maximum atomic E-state index is 2.46. The SMILES string of the molecule is Cc1ccc(-n2c3ccccc3c3cccc(N(c4ccccc4)c4ccc5c(c4)C(c4ccccc4)(c4ccccc4)c4ccccc4-5)c32)cc1. The number of benzene rings is 8. The summed E-state index contributed by atoms with van der Waals surface area (Å²) in [4.78, 5) is 2.45. The summed E-state index contributed by atoms with van der Waals surface area (Å²) in [6, 6.07) is 73.4. The lowest BCUT2D eigenvalue weighted by molar-refractivity contribution is 0.768. The smallest absolute Gasteiger partial charge is 0.0782 e. The van der Waals surface area contributed by atoms with Gasteiger partial charge in [0.1, 0.15) is 0 Å². The third kappa shape index (κ3) is 4.44. The highest BCUT2D eigenvalue weighted by molar-refractivity contribution is 6.14. The van der Waals surface area contributed by atoms with Gasteiger partial charge in [-0.3, -0.25) is 0 Å². The Balaban J connectivity index is 1.30. The van der Waals surface area contributed by atoms with E-state index in [0.29, 0.717) is 0 Å². The van der Waals surface area contributed by atoms with Gasteiger partial charge in [-0.25, -0.2) is 0 Å². The Morgan fingerprint density at radius 2 is 1.04 bits per heavy atom. The first-order valence-electron chi connectivity index (χ1n) is 18.0. The summed E-state index contributed by atoms with van der Waals surface area (Å²) in [6.45, 7) is 2.15. The van der Waals surface area contributed by atoms with Crippen LogP contribution in [0, 0.1) is 6.92 Å². The molecule has 0 aliphatic heterocycles. The summed E-state index contributed by atoms with van der Waals surface area (Å²) in [6.07, 6.45) is 0. The molecule has 9 aromatic rings. The fraction of sp³-hybridized carbons (Fsp3) is 0.0400. The largest absolute Gasteiger partial charge is 0.308 e. The minimum absolute atomic E-state index is 0.490. The Labute approximate surface area is 304 Å². The molecule has 2 nitrogen and oxygen atoms in total. The van der Waals surface area contributed by atoms with Crippen LogP contribution in [0.25, 0.3) is 38.6 Å². The number of fused-ring (bicyclic) bond motifs is 6. The highest BCUT2D eigenvalue weighted by Crippen LogP contribution is 2.57. The van der Waals surface area contributed by atoms with Gasteiger partial charge in [-0.15, -0.1) is 0 Å². The van der Waals surface area contributed by atoms with Crippen LogP contribution in [0.1, 0.15) is 27.8 Å². The molecule has 0 atom stereocenters. The van der Waals surface area contributed by atoms with Gasteiger partial charge >= 0.3 is 0 Å². The van der Waals surface area contributed by atoms with E-state index in [2.05, 4.69) is 217 Å². The molecular weight excluding hydrogens is 629 g/mol. The second kappa shape index (κ2) is 12.0. The molecule has 0 unspecified atom stereocenters. The monoisotopic (exact) mass is 664 g/mol. The third-order valence-electron chi connectivity index (χ3n) is 10.9. The lowest BCUT2D eigenvalue weighted by Crippen LogP contribution is -2.28. The molecule has 1 aromatic heterocycles. The van der Waals surface area contributed by atoms with Crippen LogP contribution in [0.15, 0.2) is 200 Å². The molecule has 1 aliphatic carbocycles. The molecule has 10 rings (SSSR count). The van der Waals surface area contributed by atoms with Crippen LogP contribution in [0.2, 0.25) is 0 Å². The molecule has 52 heavy (non-hydrogen) atoms. The summed E-state index contributed by atoms with van der Waals surface area (Å²) in [5.41, 5.74) is 15.3. The van der Waals surface area contributed by atoms with E-state index in [4.69, 9.17) is 0 Å². The van der Waals surface area contributed by atoms with Gasteiger partial charge in [-0.05, 0) is 88.8 Å². The van der Waals surface area contributed by atoms with E-state index in [9.17, 15) is 0 Å². The number of para-hydroxylation sites is 3. The molecule has 0 fully saturated rings. The van der Waals surface area contributed by atoms with E-state index in [1.54, 1.807) is 0 Å². The third-order valence-corrected chi connectivity index (χ3v) is 10.9. The number of hydrogen-bond donors (Lipinski definition) is 0. The zero-order valence-corrected chi connectivity index (χ0v) is 28.9. The van der Waals surface area contributed by atoms with E-state index in [-0.39, 0.29) is 0 Å². The van der Waals surface area contributed by atoms with Crippen LogP contribution >= 0.6 is 0 Å². The zero-order valence-electron chi connectivity index (χ0n) is 28.9. The minimum Gasteiger partial charge on any atom is -0.308 e. The van der Waals surface area contributed by atoms with Crippen molar-refractivity contribution in [2.75, 3.05) is 4.90 Å². The molecule has 1 aliphatic rings. The number of aryl methyl sites for hydroxylation is 1. The fourth-order valence-corrected chi connectivity index (χ4v) is 8.72. The van der Waals surface area contributed by atoms with Crippen LogP contribution < -0.4 is 4.90 Å². The van der Waals surface area contributed by atoms with Gasteiger partial charge in [0.25, 0.3) is 0 Å². The molecule has 0 radical (unpaired) electrons. The van der Waals surface area contributed by atoms with Crippen molar-refractivity contribution in [2.45, 2.75) is 12.3 Å². The van der Waals surface area contributed by atoms with Crippen molar-refractivity contribution in [3.8, 4) is 16.8 Å². The predicted octanol–water partition coefficient (Wildman–Crippen LogP) is 12.9. The highest BCUT2D eigenvalue weighted by atomic mass is 15.2. The van der Waals surface area contributed by atoms with Gasteiger partial charge in [0.05, 0.1) is 22.1 Å². The highest BCUT2D eigenvalue weighted by Gasteiger charge is 2.46. The quantitative estimate of drug-likeness (QED) is 0.172. The summed E-state index contributed by atoms with van der Waals surface area (Å²) in [5.74, 6) is 0. The molecule has 0 saturated heterocycles. The second-order valence-electron chi connectivity index (χ2n) is 13.8. The van der Waals surface area contributed by atoms with Crippen molar-refractivity contribution in [1.29, 1.82) is 0 Å². The number of anilines is 3. The maximum absolute atomic E-state index is 2.46. The average Bonchev–Trinajstić information content (AvgIpc) is 3.71. The average molecular weight is 665 g/mol. The van der Waals surface area contributed by atoms with Crippen LogP contribution in [0.5, 0.6) is 0 Å². The van der Waals surface area contributed by atoms with E-state index < -0.39 is 5.41 Å². The van der Waals surface area contributed by atoms with Gasteiger partial charge in [-0.1, -0.05) is 157 Å². The summed E-state index contributed by atoms with van der Waals surface area (Å²) in [5, 5.41) is 2.47. The summed E-state index contributed by atoms with van der Waals surface area (Å²) < 4.78 is 2.44. The normalized spacial score (nSPS) is 12.9. The lowest BCUT2D eigenvalue weighted by atomic mass is 9.67. The molecule has 0 amide bonds. The maximum Gasteiger partial charge on any atom is 0.0782 e. The van der Waals surface area contributed by atoms with Crippen molar-refractivity contribution < 1.29 is 0 Å². The van der Waals surface area contributed by atoms with E-state index in [1.807, 2.05) is 0 Å². The van der Waals surface area contributed by atoms with Crippen molar-refractivity contribution in [1.82, 2.24) is 4.57 Å². The van der Waals surface area contributed by atoms with Gasteiger partial charge < -0.3 is 9.47 Å². The Morgan fingerprint density at radius 3 is 1.77 bits per heavy atom. The zero-order chi connectivity index (χ0) is 34.6. The van der Waals surface area contributed by atoms with Crippen LogP contribution in [-0.4, -0.2) is 4.57 Å². The molecular formula is C50H36N2. The molecule has 1 heterocycles. The molecule has 0 saturated carbocycles. The number of rotatable bonds is 6. The minimum atomic E-state index is -0.490. The molecule has 0 bridgehead atoms. The predicted molar refractivity (Wildman–Crippen MR) is 218 cm³/mol. The van der Waals surface area contributed by atoms with Gasteiger partial charge in [-0.2, -0.15) is 0 Å². The molecule has 0 spiro atoms. The standard InChI is InChI=1S/C50H36N2/c1-35-28-30-39(31-29-35)52-47-26-14-12-23-43(47)44-24-15-27-48(49(44)52)51(38-20-9-4-10-21-38)40-32-33-42-41-22-11-13-25-45(41)50(46(42)34-40,36-16-5-2-6-17-36)37-18-7-3-8-19-37/h2-34H,1H3. The molecule has 0 N–H and O–H groups in total. The van der Waals surface area contributed by atoms with Gasteiger partial charge in [0.15, 0.2) is 0 Å². The topological polar surface area (TPSA) is 8.17 Å². The van der Waals surface area contributed by atoms with Gasteiger partial charge in [0, 0.05) is 27.8 Å². The van der Waals surface area contributed by atoms with E-state index in [0.717, 1.165) is 22.7 Å². The second-order valence-corrected chi connectivity index (χ2v) is 13.8. The van der Waals surface area contributed by atoms with Crippen molar-refractivity contribution >= 4 is 38.9 Å². The molecule has 2 heteroatoms. The summed E-state index contributed by atoms with van der Waals surface area (Å²) in [7, 11) is 0. The Hall–Kier alpha value is -6.64. The number of aromatic nitrogens is 1. The van der Waals surface area contributed by atoms with Crippen LogP contribution in [0.4, 0.5) is 17.1 Å². The number of nitrogens with zero attached hydrogens (tertiary/aromatic N) is 2. The first-order valence-corrected chi connectivity index (χ1v) is 18.0. The Bertz CT molecular complexity index is 2690. The molecule has 8 aromatic carbocycles. The summed E-state index contributed by atoms with van der Waals surface area (Å²) >= 11 is 0. The van der Waals surface area contributed by atoms with Crippen LogP contribution in [-0.2, 0) is 5.41 Å². The van der Waals surface area contributed by atoms with Crippen molar-refractivity contribution in [3.63, 3.8) is 0 Å². The fourth-order valence-electron chi connectivity index (χ4n) is 8.72. The first kappa shape index (κ1) is 30.2. The van der Waals surface area contributed by atoms with Crippen molar-refractivity contribution in [3.05, 3.63) is 228 Å². The first-order chi connectivity index (χ1) is 25.7. The van der Waals surface area contributed by atoms with E-state index in [1.165, 1.54) is 60.8 Å². The van der Waals surface area contributed by atoms with Crippen molar-refractivity contribution in [2.24, 2.45) is 0 Å². The number of hydrogen-bond acceptors (Lipinski definition) is 1. The molecule has 246 valence electrons. The lowest BCUT2D eigenvalue weighted by Gasteiger charge is -2.35. The Morgan fingerprint density at radius 1 is 0.442 bits per heavy atom. The van der Waals surface area contributed by atoms with Crippen LogP contribution in [0.3, 0.4) is 0 Å². The van der Waals surface area contributed by atoms with E-state index >= 15 is 0 Å². The Kier molecular flexibility index (Phi) is 6.97. The van der Waals surface area contributed by atoms with Gasteiger partial charge in [0.2, 0.25) is 0 Å².